The predicted molar refractivity (Wildman–Crippen MR) is 80.3 cm³/mol. The number of nitrogens with zero attached hydrogens (tertiary/aromatic N) is 2. The normalized spacial score (nSPS) is 10.3. The Balaban J connectivity index is 1.93. The summed E-state index contributed by atoms with van der Waals surface area (Å²) in [5.74, 6) is 0.756. The third-order valence-electron chi connectivity index (χ3n) is 3.06. The molecule has 0 unspecified atom stereocenters. The van der Waals surface area contributed by atoms with Gasteiger partial charge in [-0.2, -0.15) is 0 Å². The first-order valence-electron chi connectivity index (χ1n) is 6.35. The van der Waals surface area contributed by atoms with Crippen molar-refractivity contribution < 1.29 is 4.79 Å². The van der Waals surface area contributed by atoms with Gasteiger partial charge in [-0.3, -0.25) is 4.79 Å². The highest BCUT2D eigenvalue weighted by Gasteiger charge is 2.10. The molecular formula is C14H17ClN4O. The molecule has 0 aliphatic heterocycles. The maximum Gasteiger partial charge on any atom is 0.252 e. The molecule has 0 radical (unpaired) electrons. The van der Waals surface area contributed by atoms with E-state index in [0.29, 0.717) is 23.7 Å². The van der Waals surface area contributed by atoms with E-state index in [9.17, 15) is 4.79 Å². The number of hydrogen-bond acceptors (Lipinski definition) is 3. The summed E-state index contributed by atoms with van der Waals surface area (Å²) in [5.41, 5.74) is 1.36. The third kappa shape index (κ3) is 3.30. The van der Waals surface area contributed by atoms with Crippen LogP contribution in [-0.4, -0.2) is 29.1 Å². The van der Waals surface area contributed by atoms with Crippen LogP contribution >= 0.6 is 11.6 Å². The van der Waals surface area contributed by atoms with Crippen LogP contribution in [-0.2, 0) is 6.54 Å². The first kappa shape index (κ1) is 14.4. The zero-order chi connectivity index (χ0) is 14.5. The average molecular weight is 293 g/mol. The van der Waals surface area contributed by atoms with E-state index in [0.717, 1.165) is 11.5 Å². The molecule has 1 heterocycles. The highest BCUT2D eigenvalue weighted by Crippen LogP contribution is 2.20. The molecule has 2 N–H and O–H groups in total. The molecule has 0 saturated carbocycles. The van der Waals surface area contributed by atoms with Crippen molar-refractivity contribution in [3.05, 3.63) is 47.0 Å². The molecule has 106 valence electrons. The molecule has 20 heavy (non-hydrogen) atoms. The van der Waals surface area contributed by atoms with Crippen LogP contribution in [0.3, 0.4) is 0 Å². The lowest BCUT2D eigenvalue weighted by molar-refractivity contribution is 0.0952. The lowest BCUT2D eigenvalue weighted by Gasteiger charge is -2.09. The fraction of sp³-hybridized carbons (Fsp3) is 0.286. The Morgan fingerprint density at radius 1 is 1.45 bits per heavy atom. The quantitative estimate of drug-likeness (QED) is 0.889. The number of aryl methyl sites for hydroxylation is 1. The van der Waals surface area contributed by atoms with Crippen LogP contribution in [0.1, 0.15) is 16.2 Å². The van der Waals surface area contributed by atoms with Gasteiger partial charge in [0.25, 0.3) is 5.91 Å². The van der Waals surface area contributed by atoms with E-state index < -0.39 is 0 Å². The Morgan fingerprint density at radius 2 is 2.25 bits per heavy atom. The van der Waals surface area contributed by atoms with Crippen LogP contribution in [0.4, 0.5) is 5.69 Å². The second-order valence-electron chi connectivity index (χ2n) is 4.37. The molecule has 0 saturated heterocycles. The number of carbonyl (C=O) groups is 1. The summed E-state index contributed by atoms with van der Waals surface area (Å²) in [5, 5.41) is 6.26. The van der Waals surface area contributed by atoms with Gasteiger partial charge in [0.05, 0.1) is 10.6 Å². The molecule has 0 bridgehead atoms. The highest BCUT2D eigenvalue weighted by atomic mass is 35.5. The summed E-state index contributed by atoms with van der Waals surface area (Å²) >= 11 is 6.09. The molecule has 0 spiro atoms. The van der Waals surface area contributed by atoms with E-state index in [2.05, 4.69) is 15.6 Å². The van der Waals surface area contributed by atoms with Crippen molar-refractivity contribution in [2.75, 3.05) is 18.9 Å². The third-order valence-corrected chi connectivity index (χ3v) is 3.38. The van der Waals surface area contributed by atoms with Gasteiger partial charge in [-0.25, -0.2) is 4.98 Å². The van der Waals surface area contributed by atoms with Crippen molar-refractivity contribution >= 4 is 23.2 Å². The lowest BCUT2D eigenvalue weighted by atomic mass is 10.2. The van der Waals surface area contributed by atoms with Gasteiger partial charge in [0.1, 0.15) is 5.82 Å². The van der Waals surface area contributed by atoms with E-state index in [1.54, 1.807) is 25.4 Å². The number of rotatable bonds is 5. The van der Waals surface area contributed by atoms with Crippen molar-refractivity contribution in [2.45, 2.75) is 13.5 Å². The summed E-state index contributed by atoms with van der Waals surface area (Å²) in [6.45, 7) is 3.14. The number of nitrogens with one attached hydrogen (secondary N) is 2. The molecule has 6 heteroatoms. The maximum absolute atomic E-state index is 12.0. The maximum atomic E-state index is 12.0. The number of imidazole rings is 1. The van der Waals surface area contributed by atoms with Gasteiger partial charge in [-0.05, 0) is 25.1 Å². The Kier molecular flexibility index (Phi) is 4.63. The molecule has 5 nitrogen and oxygen atoms in total. The minimum absolute atomic E-state index is 0.171. The van der Waals surface area contributed by atoms with Gasteiger partial charge >= 0.3 is 0 Å². The summed E-state index contributed by atoms with van der Waals surface area (Å²) in [6.07, 6.45) is 3.63. The van der Waals surface area contributed by atoms with Crippen LogP contribution in [0.2, 0.25) is 5.02 Å². The van der Waals surface area contributed by atoms with Gasteiger partial charge in [0, 0.05) is 38.2 Å². The predicted octanol–water partition coefficient (Wildman–Crippen LogP) is 2.32. The number of anilines is 1. The van der Waals surface area contributed by atoms with E-state index in [1.807, 2.05) is 23.8 Å². The molecule has 0 fully saturated rings. The van der Waals surface area contributed by atoms with Crippen molar-refractivity contribution in [2.24, 2.45) is 0 Å². The van der Waals surface area contributed by atoms with E-state index in [4.69, 9.17) is 11.6 Å². The van der Waals surface area contributed by atoms with Gasteiger partial charge in [0.2, 0.25) is 0 Å². The summed E-state index contributed by atoms with van der Waals surface area (Å²) in [7, 11) is 1.80. The Bertz CT molecular complexity index is 609. The van der Waals surface area contributed by atoms with Gasteiger partial charge in [-0.1, -0.05) is 11.6 Å². The standard InChI is InChI=1S/C14H17ClN4O/c1-10-17-5-7-19(10)8-6-18-14(20)12-4-3-11(16-2)9-13(12)15/h3-5,7,9,16H,6,8H2,1-2H3,(H,18,20). The number of halogens is 1. The van der Waals surface area contributed by atoms with Gasteiger partial charge < -0.3 is 15.2 Å². The summed E-state index contributed by atoms with van der Waals surface area (Å²) < 4.78 is 1.98. The summed E-state index contributed by atoms with van der Waals surface area (Å²) in [6, 6.07) is 5.27. The summed E-state index contributed by atoms with van der Waals surface area (Å²) in [4.78, 5) is 16.2. The van der Waals surface area contributed by atoms with Crippen LogP contribution in [0, 0.1) is 6.92 Å². The molecule has 1 aromatic carbocycles. The molecular weight excluding hydrogens is 276 g/mol. The van der Waals surface area contributed by atoms with E-state index in [-0.39, 0.29) is 5.91 Å². The first-order valence-corrected chi connectivity index (χ1v) is 6.73. The van der Waals surface area contributed by atoms with Crippen LogP contribution in [0.15, 0.2) is 30.6 Å². The monoisotopic (exact) mass is 292 g/mol. The molecule has 0 aliphatic carbocycles. The van der Waals surface area contributed by atoms with Gasteiger partial charge in [-0.15, -0.1) is 0 Å². The number of benzene rings is 1. The average Bonchev–Trinajstić information content (AvgIpc) is 2.84. The fourth-order valence-electron chi connectivity index (χ4n) is 1.88. The van der Waals surface area contributed by atoms with E-state index >= 15 is 0 Å². The minimum atomic E-state index is -0.171. The zero-order valence-electron chi connectivity index (χ0n) is 11.5. The molecule has 1 amide bonds. The smallest absolute Gasteiger partial charge is 0.252 e. The van der Waals surface area contributed by atoms with Crippen molar-refractivity contribution in [1.29, 1.82) is 0 Å². The topological polar surface area (TPSA) is 59.0 Å². The molecule has 2 rings (SSSR count). The number of amides is 1. The second kappa shape index (κ2) is 6.43. The lowest BCUT2D eigenvalue weighted by Crippen LogP contribution is -2.27. The van der Waals surface area contributed by atoms with Crippen molar-refractivity contribution in [3.63, 3.8) is 0 Å². The van der Waals surface area contributed by atoms with Crippen LogP contribution in [0.5, 0.6) is 0 Å². The largest absolute Gasteiger partial charge is 0.388 e. The van der Waals surface area contributed by atoms with E-state index in [1.165, 1.54) is 0 Å². The van der Waals surface area contributed by atoms with Crippen molar-refractivity contribution in [1.82, 2.24) is 14.9 Å². The van der Waals surface area contributed by atoms with Crippen LogP contribution in [0.25, 0.3) is 0 Å². The van der Waals surface area contributed by atoms with Crippen LogP contribution < -0.4 is 10.6 Å². The number of aromatic nitrogens is 2. The number of carbonyl (C=O) groups excluding carboxylic acids is 1. The Labute approximate surface area is 123 Å². The molecule has 0 aliphatic rings. The molecule has 1 aromatic heterocycles. The zero-order valence-corrected chi connectivity index (χ0v) is 12.2. The minimum Gasteiger partial charge on any atom is -0.388 e. The van der Waals surface area contributed by atoms with Crippen molar-refractivity contribution in [3.8, 4) is 0 Å². The second-order valence-corrected chi connectivity index (χ2v) is 4.78. The molecule has 2 aromatic rings. The Morgan fingerprint density at radius 3 is 2.85 bits per heavy atom. The number of hydrogen-bond donors (Lipinski definition) is 2. The fourth-order valence-corrected chi connectivity index (χ4v) is 2.15. The van der Waals surface area contributed by atoms with Gasteiger partial charge in [0.15, 0.2) is 0 Å². The Hall–Kier alpha value is -2.01. The highest BCUT2D eigenvalue weighted by molar-refractivity contribution is 6.34. The molecule has 0 atom stereocenters. The first-order chi connectivity index (χ1) is 9.61. The SMILES string of the molecule is CNc1ccc(C(=O)NCCn2ccnc2C)c(Cl)c1.